The summed E-state index contributed by atoms with van der Waals surface area (Å²) >= 11 is 0. The number of allylic oxidation sites excluding steroid dienone is 2. The molecule has 0 amide bonds. The van der Waals surface area contributed by atoms with Gasteiger partial charge >= 0.3 is 5.97 Å². The van der Waals surface area contributed by atoms with Gasteiger partial charge in [-0.15, -0.1) is 5.92 Å². The van der Waals surface area contributed by atoms with Gasteiger partial charge in [-0.2, -0.15) is 0 Å². The zero-order valence-corrected chi connectivity index (χ0v) is 15.4. The predicted octanol–water partition coefficient (Wildman–Crippen LogP) is 4.64. The van der Waals surface area contributed by atoms with Gasteiger partial charge in [0.1, 0.15) is 6.10 Å². The second kappa shape index (κ2) is 13.1. The molecule has 1 fully saturated rings. The third kappa shape index (κ3) is 10.5. The van der Waals surface area contributed by atoms with Gasteiger partial charge in [0.25, 0.3) is 0 Å². The molecule has 24 heavy (non-hydrogen) atoms. The molecule has 0 saturated heterocycles. The van der Waals surface area contributed by atoms with Crippen LogP contribution in [0.2, 0.25) is 0 Å². The van der Waals surface area contributed by atoms with Crippen molar-refractivity contribution >= 4 is 5.97 Å². The molecule has 1 aliphatic carbocycles. The average molecular weight is 335 g/mol. The van der Waals surface area contributed by atoms with E-state index in [1.807, 2.05) is 0 Å². The van der Waals surface area contributed by atoms with E-state index in [0.717, 1.165) is 50.4 Å². The van der Waals surface area contributed by atoms with Gasteiger partial charge in [-0.25, -0.2) is 0 Å². The highest BCUT2D eigenvalue weighted by Gasteiger charge is 2.34. The number of aliphatic hydroxyl groups is 1. The molecule has 1 rings (SSSR count). The van der Waals surface area contributed by atoms with Crippen molar-refractivity contribution < 1.29 is 14.6 Å². The van der Waals surface area contributed by atoms with Crippen LogP contribution >= 0.6 is 0 Å². The van der Waals surface area contributed by atoms with Crippen molar-refractivity contribution in [3.8, 4) is 11.8 Å². The van der Waals surface area contributed by atoms with E-state index in [2.05, 4.69) is 35.7 Å². The number of ether oxygens (including phenoxy) is 1. The Bertz CT molecular complexity index is 430. The Morgan fingerprint density at radius 3 is 2.79 bits per heavy atom. The molecule has 0 heterocycles. The minimum atomic E-state index is -0.429. The monoisotopic (exact) mass is 334 g/mol. The molecular formula is C21H34O3. The first-order valence-corrected chi connectivity index (χ1v) is 9.55. The van der Waals surface area contributed by atoms with E-state index in [1.165, 1.54) is 32.8 Å². The Morgan fingerprint density at radius 2 is 2.04 bits per heavy atom. The minimum Gasteiger partial charge on any atom is -0.469 e. The van der Waals surface area contributed by atoms with Gasteiger partial charge in [-0.1, -0.05) is 37.8 Å². The molecule has 1 aliphatic rings. The summed E-state index contributed by atoms with van der Waals surface area (Å²) in [6.07, 6.45) is 15.1. The molecule has 3 heteroatoms. The maximum Gasteiger partial charge on any atom is 0.305 e. The molecule has 3 atom stereocenters. The average Bonchev–Trinajstić information content (AvgIpc) is 3.32. The third-order valence-electron chi connectivity index (χ3n) is 4.63. The molecule has 3 nitrogen and oxygen atoms in total. The number of unbranched alkanes of at least 4 members (excludes halogenated alkanes) is 3. The highest BCUT2D eigenvalue weighted by molar-refractivity contribution is 5.69. The summed E-state index contributed by atoms with van der Waals surface area (Å²) < 4.78 is 4.61. The SMILES string of the molecule is CCCCC[C@H](O)C#CC[C@H]1C[C@@H]1CCC=CCCCC(=O)OC. The molecule has 0 aliphatic heterocycles. The zero-order valence-electron chi connectivity index (χ0n) is 15.4. The molecule has 0 aromatic rings. The molecule has 1 N–H and O–H groups in total. The van der Waals surface area contributed by atoms with Crippen LogP contribution in [0.5, 0.6) is 0 Å². The summed E-state index contributed by atoms with van der Waals surface area (Å²) in [5.41, 5.74) is 0. The van der Waals surface area contributed by atoms with E-state index in [9.17, 15) is 9.90 Å². The summed E-state index contributed by atoms with van der Waals surface area (Å²) in [6.45, 7) is 2.17. The molecule has 0 aromatic heterocycles. The van der Waals surface area contributed by atoms with Gasteiger partial charge in [0.05, 0.1) is 7.11 Å². The second-order valence-electron chi connectivity index (χ2n) is 6.81. The highest BCUT2D eigenvalue weighted by Crippen LogP contribution is 2.44. The lowest BCUT2D eigenvalue weighted by Crippen LogP contribution is -2.02. The van der Waals surface area contributed by atoms with Crippen molar-refractivity contribution in [2.24, 2.45) is 11.8 Å². The fraction of sp³-hybridized carbons (Fsp3) is 0.762. The highest BCUT2D eigenvalue weighted by atomic mass is 16.5. The Morgan fingerprint density at radius 1 is 1.25 bits per heavy atom. The molecule has 1 saturated carbocycles. The maximum absolute atomic E-state index is 11.0. The number of methoxy groups -OCH3 is 1. The van der Waals surface area contributed by atoms with Crippen LogP contribution in [0.15, 0.2) is 12.2 Å². The summed E-state index contributed by atoms with van der Waals surface area (Å²) in [7, 11) is 1.43. The lowest BCUT2D eigenvalue weighted by atomic mass is 10.1. The van der Waals surface area contributed by atoms with Crippen molar-refractivity contribution in [3.05, 3.63) is 12.2 Å². The molecule has 0 bridgehead atoms. The van der Waals surface area contributed by atoms with Crippen molar-refractivity contribution in [3.63, 3.8) is 0 Å². The lowest BCUT2D eigenvalue weighted by Gasteiger charge is -2.01. The van der Waals surface area contributed by atoms with E-state index >= 15 is 0 Å². The Balaban J connectivity index is 1.98. The topological polar surface area (TPSA) is 46.5 Å². The second-order valence-corrected chi connectivity index (χ2v) is 6.81. The van der Waals surface area contributed by atoms with Gasteiger partial charge in [0.15, 0.2) is 0 Å². The van der Waals surface area contributed by atoms with Crippen LogP contribution < -0.4 is 0 Å². The fourth-order valence-electron chi connectivity index (χ4n) is 2.89. The standard InChI is InChI=1S/C21H34O3/c1-3-4-8-14-20(22)15-11-13-19-17-18(19)12-9-6-5-7-10-16-21(23)24-2/h5-6,18-20,22H,3-4,7-10,12-14,16-17H2,1-2H3/t18-,19-,20-/m0/s1. The van der Waals surface area contributed by atoms with Crippen molar-refractivity contribution in [2.45, 2.75) is 83.7 Å². The van der Waals surface area contributed by atoms with E-state index in [-0.39, 0.29) is 5.97 Å². The number of aliphatic hydroxyl groups excluding tert-OH is 1. The van der Waals surface area contributed by atoms with Crippen LogP contribution in [0.25, 0.3) is 0 Å². The Kier molecular flexibility index (Phi) is 11.3. The van der Waals surface area contributed by atoms with Crippen LogP contribution in [0.1, 0.15) is 77.6 Å². The summed E-state index contributed by atoms with van der Waals surface area (Å²) in [5, 5.41) is 9.76. The minimum absolute atomic E-state index is 0.124. The molecule has 0 spiro atoms. The van der Waals surface area contributed by atoms with E-state index < -0.39 is 6.10 Å². The van der Waals surface area contributed by atoms with Crippen molar-refractivity contribution in [1.82, 2.24) is 0 Å². The fourth-order valence-corrected chi connectivity index (χ4v) is 2.89. The zero-order chi connectivity index (χ0) is 17.6. The first-order valence-electron chi connectivity index (χ1n) is 9.55. The maximum atomic E-state index is 11.0. The first-order chi connectivity index (χ1) is 11.7. The number of carbonyl (C=O) groups excluding carboxylic acids is 1. The number of rotatable bonds is 12. The molecule has 136 valence electrons. The predicted molar refractivity (Wildman–Crippen MR) is 98.4 cm³/mol. The molecule has 0 radical (unpaired) electrons. The first kappa shape index (κ1) is 20.8. The number of esters is 1. The van der Waals surface area contributed by atoms with Gasteiger partial charge < -0.3 is 9.84 Å². The molecule has 0 aromatic carbocycles. The Labute approximate surface area is 147 Å². The van der Waals surface area contributed by atoms with Gasteiger partial charge in [0, 0.05) is 12.8 Å². The summed E-state index contributed by atoms with van der Waals surface area (Å²) in [4.78, 5) is 11.0. The number of hydrogen-bond donors (Lipinski definition) is 1. The van der Waals surface area contributed by atoms with E-state index in [0.29, 0.717) is 6.42 Å². The smallest absolute Gasteiger partial charge is 0.305 e. The lowest BCUT2D eigenvalue weighted by molar-refractivity contribution is -0.140. The van der Waals surface area contributed by atoms with Crippen LogP contribution in [0.3, 0.4) is 0 Å². The largest absolute Gasteiger partial charge is 0.469 e. The van der Waals surface area contributed by atoms with Crippen molar-refractivity contribution in [1.29, 1.82) is 0 Å². The normalized spacial score (nSPS) is 20.5. The third-order valence-corrected chi connectivity index (χ3v) is 4.63. The number of hydrogen-bond acceptors (Lipinski definition) is 3. The molecule has 0 unspecified atom stereocenters. The van der Waals surface area contributed by atoms with Crippen LogP contribution in [-0.4, -0.2) is 24.3 Å². The number of carbonyl (C=O) groups is 1. The molecular weight excluding hydrogens is 300 g/mol. The van der Waals surface area contributed by atoms with Gasteiger partial charge in [-0.05, 0) is 56.8 Å². The van der Waals surface area contributed by atoms with Crippen LogP contribution in [-0.2, 0) is 9.53 Å². The van der Waals surface area contributed by atoms with E-state index in [1.54, 1.807) is 0 Å². The summed E-state index contributed by atoms with van der Waals surface area (Å²) in [5.74, 6) is 7.60. The Hall–Kier alpha value is -1.27. The summed E-state index contributed by atoms with van der Waals surface area (Å²) in [6, 6.07) is 0. The van der Waals surface area contributed by atoms with Crippen LogP contribution in [0.4, 0.5) is 0 Å². The quantitative estimate of drug-likeness (QED) is 0.245. The van der Waals surface area contributed by atoms with Gasteiger partial charge in [0.2, 0.25) is 0 Å². The van der Waals surface area contributed by atoms with Crippen LogP contribution in [0, 0.1) is 23.7 Å². The van der Waals surface area contributed by atoms with Crippen molar-refractivity contribution in [2.75, 3.05) is 7.11 Å². The van der Waals surface area contributed by atoms with Gasteiger partial charge in [-0.3, -0.25) is 4.79 Å². The van der Waals surface area contributed by atoms with E-state index in [4.69, 9.17) is 0 Å².